The number of aliphatic carboxylic acids is 1. The van der Waals surface area contributed by atoms with E-state index in [1.54, 1.807) is 0 Å². The van der Waals surface area contributed by atoms with Crippen LogP contribution in [0.5, 0.6) is 0 Å². The minimum absolute atomic E-state index is 0.0194. The third-order valence-electron chi connectivity index (χ3n) is 13.8. The summed E-state index contributed by atoms with van der Waals surface area (Å²) in [5.74, 6) is -1.54. The predicted octanol–water partition coefficient (Wildman–Crippen LogP) is 3.12. The van der Waals surface area contributed by atoms with E-state index in [0.29, 0.717) is 38.5 Å². The number of carboxylic acid groups (broad SMARTS) is 1. The average molecular weight is 521 g/mol. The monoisotopic (exact) mass is 520 g/mol. The fourth-order valence-corrected chi connectivity index (χ4v) is 10.9. The van der Waals surface area contributed by atoms with Crippen molar-refractivity contribution in [1.82, 2.24) is 0 Å². The van der Waals surface area contributed by atoms with Crippen molar-refractivity contribution in [2.24, 2.45) is 50.7 Å². The third-order valence-corrected chi connectivity index (χ3v) is 13.8. The molecule has 0 aliphatic heterocycles. The van der Waals surface area contributed by atoms with Gasteiger partial charge in [-0.15, -0.1) is 0 Å². The Kier molecular flexibility index (Phi) is 5.98. The number of aliphatic hydroxyl groups excluding tert-OH is 4. The standard InChI is InChI=1S/C30H48O7/c1-16-9-12-30(24(35)36)14-13-26(3)17(21(30)29(16,6)37)7-8-19-27(26,4)11-10-18-25(2,15-31)22(33)20(32)23(34)28(18,19)5/h7,16,18-23,31-34,37H,8-15H2,1-6H3,(H,35,36). The molecule has 0 amide bonds. The summed E-state index contributed by atoms with van der Waals surface area (Å²) in [6.45, 7) is 11.9. The number of carboxylic acids is 1. The molecule has 5 rings (SSSR count). The molecule has 0 bridgehead atoms. The number of hydrogen-bond donors (Lipinski definition) is 6. The molecule has 5 aliphatic carbocycles. The molecular formula is C30H48O7. The van der Waals surface area contributed by atoms with Crippen LogP contribution >= 0.6 is 0 Å². The van der Waals surface area contributed by atoms with Gasteiger partial charge in [0.15, 0.2) is 0 Å². The van der Waals surface area contributed by atoms with Gasteiger partial charge in [0.1, 0.15) is 6.10 Å². The van der Waals surface area contributed by atoms with Crippen LogP contribution in [0.1, 0.15) is 86.5 Å². The van der Waals surface area contributed by atoms with Crippen molar-refractivity contribution in [3.05, 3.63) is 11.6 Å². The normalized spacial score (nSPS) is 59.3. The molecule has 210 valence electrons. The van der Waals surface area contributed by atoms with Gasteiger partial charge in [-0.25, -0.2) is 0 Å². The second-order valence-electron chi connectivity index (χ2n) is 14.8. The number of aliphatic hydroxyl groups is 5. The quantitative estimate of drug-likeness (QED) is 0.308. The van der Waals surface area contributed by atoms with Crippen LogP contribution in [0.15, 0.2) is 11.6 Å². The Hall–Kier alpha value is -0.990. The first-order chi connectivity index (χ1) is 17.0. The molecule has 13 atom stereocenters. The summed E-state index contributed by atoms with van der Waals surface area (Å²) < 4.78 is 0. The fraction of sp³-hybridized carbons (Fsp3) is 0.900. The number of allylic oxidation sites excluding steroid dienone is 1. The highest BCUT2D eigenvalue weighted by molar-refractivity contribution is 5.77. The molecule has 6 N–H and O–H groups in total. The van der Waals surface area contributed by atoms with Gasteiger partial charge in [-0.1, -0.05) is 46.3 Å². The van der Waals surface area contributed by atoms with E-state index >= 15 is 0 Å². The lowest BCUT2D eigenvalue weighted by Crippen LogP contribution is -2.73. The first kappa shape index (κ1) is 27.6. The second kappa shape index (κ2) is 8.03. The molecular weight excluding hydrogens is 472 g/mol. The van der Waals surface area contributed by atoms with E-state index in [0.717, 1.165) is 12.0 Å². The molecule has 5 aliphatic rings. The molecule has 0 spiro atoms. The van der Waals surface area contributed by atoms with Crippen molar-refractivity contribution in [2.45, 2.75) is 110 Å². The van der Waals surface area contributed by atoms with Crippen LogP contribution in [0.4, 0.5) is 0 Å². The first-order valence-electron chi connectivity index (χ1n) is 14.3. The van der Waals surface area contributed by atoms with Gasteiger partial charge in [-0.2, -0.15) is 0 Å². The zero-order valence-electron chi connectivity index (χ0n) is 23.4. The van der Waals surface area contributed by atoms with Gasteiger partial charge in [0.05, 0.1) is 29.8 Å². The molecule has 0 aromatic carbocycles. The molecule has 0 saturated heterocycles. The van der Waals surface area contributed by atoms with Gasteiger partial charge in [0, 0.05) is 16.7 Å². The van der Waals surface area contributed by atoms with Crippen LogP contribution in [0.25, 0.3) is 0 Å². The maximum atomic E-state index is 12.9. The molecule has 7 heteroatoms. The number of fused-ring (bicyclic) bond motifs is 7. The Morgan fingerprint density at radius 2 is 1.59 bits per heavy atom. The highest BCUT2D eigenvalue weighted by Crippen LogP contribution is 2.76. The summed E-state index contributed by atoms with van der Waals surface area (Å²) in [6, 6.07) is 0. The largest absolute Gasteiger partial charge is 0.481 e. The molecule has 13 unspecified atom stereocenters. The van der Waals surface area contributed by atoms with Gasteiger partial charge in [0.25, 0.3) is 0 Å². The zero-order chi connectivity index (χ0) is 27.6. The number of hydrogen-bond acceptors (Lipinski definition) is 6. The van der Waals surface area contributed by atoms with E-state index in [4.69, 9.17) is 0 Å². The minimum atomic E-state index is -1.36. The maximum absolute atomic E-state index is 12.9. The Morgan fingerprint density at radius 3 is 2.19 bits per heavy atom. The summed E-state index contributed by atoms with van der Waals surface area (Å²) in [5.41, 5.74) is -3.45. The Morgan fingerprint density at radius 1 is 0.946 bits per heavy atom. The van der Waals surface area contributed by atoms with Crippen LogP contribution in [0, 0.1) is 50.7 Å². The van der Waals surface area contributed by atoms with Gasteiger partial charge >= 0.3 is 5.97 Å². The zero-order valence-corrected chi connectivity index (χ0v) is 23.4. The van der Waals surface area contributed by atoms with Crippen LogP contribution in [0.3, 0.4) is 0 Å². The summed E-state index contributed by atoms with van der Waals surface area (Å²) >= 11 is 0. The molecule has 0 aromatic heterocycles. The van der Waals surface area contributed by atoms with Crippen molar-refractivity contribution in [3.8, 4) is 0 Å². The smallest absolute Gasteiger partial charge is 0.310 e. The lowest BCUT2D eigenvalue weighted by molar-refractivity contribution is -0.288. The Bertz CT molecular complexity index is 1010. The SMILES string of the molecule is CC1CCC2(C(=O)O)CCC3(C)C(=CCC4C5(C)C(O)C(O)C(O)C(C)(CO)C5CCC43C)C2C1(C)O. The lowest BCUT2D eigenvalue weighted by atomic mass is 9.32. The van der Waals surface area contributed by atoms with Gasteiger partial charge in [-0.3, -0.25) is 4.79 Å². The average Bonchev–Trinajstić information content (AvgIpc) is 2.84. The topological polar surface area (TPSA) is 138 Å². The highest BCUT2D eigenvalue weighted by atomic mass is 16.4. The maximum Gasteiger partial charge on any atom is 0.310 e. The number of carbonyl (C=O) groups is 1. The summed E-state index contributed by atoms with van der Waals surface area (Å²) in [5, 5.41) is 66.4. The minimum Gasteiger partial charge on any atom is -0.481 e. The van der Waals surface area contributed by atoms with E-state index in [1.807, 2.05) is 27.7 Å². The van der Waals surface area contributed by atoms with E-state index in [1.165, 1.54) is 0 Å². The van der Waals surface area contributed by atoms with Gasteiger partial charge < -0.3 is 30.6 Å². The van der Waals surface area contributed by atoms with E-state index in [9.17, 15) is 35.4 Å². The molecule has 0 radical (unpaired) electrons. The Labute approximate surface area is 221 Å². The second-order valence-corrected chi connectivity index (χ2v) is 14.8. The van der Waals surface area contributed by atoms with E-state index in [2.05, 4.69) is 19.9 Å². The molecule has 0 aromatic rings. The van der Waals surface area contributed by atoms with E-state index < -0.39 is 52.0 Å². The van der Waals surface area contributed by atoms with Crippen molar-refractivity contribution in [3.63, 3.8) is 0 Å². The van der Waals surface area contributed by atoms with Crippen LogP contribution in [-0.4, -0.2) is 67.1 Å². The molecule has 37 heavy (non-hydrogen) atoms. The highest BCUT2D eigenvalue weighted by Gasteiger charge is 2.73. The van der Waals surface area contributed by atoms with Crippen molar-refractivity contribution >= 4 is 5.97 Å². The Balaban J connectivity index is 1.67. The summed E-state index contributed by atoms with van der Waals surface area (Å²) in [7, 11) is 0. The van der Waals surface area contributed by atoms with Crippen molar-refractivity contribution in [2.75, 3.05) is 6.61 Å². The number of rotatable bonds is 2. The van der Waals surface area contributed by atoms with Crippen LogP contribution < -0.4 is 0 Å². The summed E-state index contributed by atoms with van der Waals surface area (Å²) in [4.78, 5) is 12.9. The molecule has 4 fully saturated rings. The van der Waals surface area contributed by atoms with Gasteiger partial charge in [0.2, 0.25) is 0 Å². The van der Waals surface area contributed by atoms with Crippen LogP contribution in [0.2, 0.25) is 0 Å². The van der Waals surface area contributed by atoms with Gasteiger partial charge in [-0.05, 0) is 80.5 Å². The van der Waals surface area contributed by atoms with Crippen molar-refractivity contribution in [1.29, 1.82) is 0 Å². The molecule has 4 saturated carbocycles. The summed E-state index contributed by atoms with van der Waals surface area (Å²) in [6.07, 6.45) is 3.00. The molecule has 7 nitrogen and oxygen atoms in total. The fourth-order valence-electron chi connectivity index (χ4n) is 10.9. The predicted molar refractivity (Wildman–Crippen MR) is 138 cm³/mol. The van der Waals surface area contributed by atoms with Crippen LogP contribution in [-0.2, 0) is 4.79 Å². The third kappa shape index (κ3) is 2.99. The van der Waals surface area contributed by atoms with E-state index in [-0.39, 0.29) is 35.2 Å². The lowest BCUT2D eigenvalue weighted by Gasteiger charge is -2.72. The first-order valence-corrected chi connectivity index (χ1v) is 14.3. The van der Waals surface area contributed by atoms with Crippen molar-refractivity contribution < 1.29 is 35.4 Å². The molecule has 0 heterocycles.